The van der Waals surface area contributed by atoms with Gasteiger partial charge in [-0.3, -0.25) is 4.79 Å². The fourth-order valence-electron chi connectivity index (χ4n) is 2.14. The minimum Gasteiger partial charge on any atom is -0.495 e. The molecule has 1 heterocycles. The molecule has 1 aliphatic heterocycles. The number of carbonyl (C=O) groups excluding carboxylic acids is 1. The van der Waals surface area contributed by atoms with Crippen LogP contribution in [0.2, 0.25) is 0 Å². The van der Waals surface area contributed by atoms with E-state index in [1.807, 2.05) is 0 Å². The molecule has 24 heavy (non-hydrogen) atoms. The average Bonchev–Trinajstić information content (AvgIpc) is 2.55. The molecule has 1 atom stereocenters. The first-order chi connectivity index (χ1) is 10.9. The lowest BCUT2D eigenvalue weighted by molar-refractivity contribution is -0.117. The second-order valence-corrected chi connectivity index (χ2v) is 7.07. The van der Waals surface area contributed by atoms with Gasteiger partial charge in [-0.2, -0.15) is 4.31 Å². The van der Waals surface area contributed by atoms with Crippen LogP contribution in [0.25, 0.3) is 0 Å². The maximum absolute atomic E-state index is 12.8. The quantitative estimate of drug-likeness (QED) is 0.767. The fraction of sp³-hybridized carbons (Fsp3) is 0.500. The van der Waals surface area contributed by atoms with Crippen LogP contribution in [-0.2, 0) is 19.6 Å². The number of nitrogens with one attached hydrogen (secondary N) is 1. The zero-order valence-electron chi connectivity index (χ0n) is 13.5. The number of methoxy groups -OCH3 is 1. The van der Waals surface area contributed by atoms with Crippen molar-refractivity contribution in [2.75, 3.05) is 38.7 Å². The van der Waals surface area contributed by atoms with Crippen LogP contribution < -0.4 is 15.8 Å². The molecular formula is C14H22ClN3O5S. The van der Waals surface area contributed by atoms with Crippen LogP contribution in [0, 0.1) is 0 Å². The van der Waals surface area contributed by atoms with Gasteiger partial charge < -0.3 is 20.5 Å². The molecule has 1 saturated heterocycles. The van der Waals surface area contributed by atoms with Crippen molar-refractivity contribution >= 4 is 34.0 Å². The molecule has 0 radical (unpaired) electrons. The first-order valence-corrected chi connectivity index (χ1v) is 8.62. The van der Waals surface area contributed by atoms with Crippen LogP contribution >= 0.6 is 12.4 Å². The second kappa shape index (κ2) is 8.63. The van der Waals surface area contributed by atoms with E-state index in [-0.39, 0.29) is 36.1 Å². The van der Waals surface area contributed by atoms with Crippen LogP contribution in [0.3, 0.4) is 0 Å². The molecule has 10 heteroatoms. The number of ether oxygens (including phenoxy) is 2. The van der Waals surface area contributed by atoms with E-state index < -0.39 is 22.0 Å². The summed E-state index contributed by atoms with van der Waals surface area (Å²) < 4.78 is 37.3. The predicted octanol–water partition coefficient (Wildman–Crippen LogP) is 0.424. The number of amides is 1. The molecule has 1 aromatic carbocycles. The van der Waals surface area contributed by atoms with Crippen molar-refractivity contribution in [3.8, 4) is 5.75 Å². The normalized spacial score (nSPS) is 16.8. The first kappa shape index (κ1) is 20.7. The summed E-state index contributed by atoms with van der Waals surface area (Å²) in [6.07, 6.45) is 0. The molecule has 0 saturated carbocycles. The molecule has 8 nitrogen and oxygen atoms in total. The van der Waals surface area contributed by atoms with E-state index in [0.717, 1.165) is 0 Å². The molecular weight excluding hydrogens is 358 g/mol. The molecule has 2 rings (SSSR count). The SMILES string of the molecule is COc1ccc(NC(=O)[C@H](C)N)cc1S(=O)(=O)N1CCOCC1.Cl. The summed E-state index contributed by atoms with van der Waals surface area (Å²) >= 11 is 0. The van der Waals surface area contributed by atoms with Crippen molar-refractivity contribution in [1.82, 2.24) is 4.31 Å². The Labute approximate surface area is 147 Å². The summed E-state index contributed by atoms with van der Waals surface area (Å²) in [5.74, 6) is -0.180. The number of anilines is 1. The number of benzene rings is 1. The Bertz CT molecular complexity index is 675. The van der Waals surface area contributed by atoms with Crippen LogP contribution in [0.4, 0.5) is 5.69 Å². The van der Waals surface area contributed by atoms with Crippen molar-refractivity contribution in [1.29, 1.82) is 0 Å². The molecule has 3 N–H and O–H groups in total. The zero-order valence-corrected chi connectivity index (χ0v) is 15.2. The Hall–Kier alpha value is -1.39. The minimum atomic E-state index is -3.74. The Balaban J connectivity index is 0.00000288. The molecule has 0 bridgehead atoms. The number of morpholine rings is 1. The standard InChI is InChI=1S/C14H21N3O5S.ClH/c1-10(15)14(18)16-11-3-4-12(21-2)13(9-11)23(19,20)17-5-7-22-8-6-17;/h3-4,9-10H,5-8,15H2,1-2H3,(H,16,18);1H/t10-;/m0./s1. The molecule has 1 amide bonds. The Morgan fingerprint density at radius 2 is 2.00 bits per heavy atom. The number of carbonyl (C=O) groups is 1. The topological polar surface area (TPSA) is 111 Å². The summed E-state index contributed by atoms with van der Waals surface area (Å²) in [5, 5.41) is 2.58. The van der Waals surface area contributed by atoms with Crippen molar-refractivity contribution in [2.45, 2.75) is 17.9 Å². The highest BCUT2D eigenvalue weighted by Crippen LogP contribution is 2.30. The van der Waals surface area contributed by atoms with Crippen molar-refractivity contribution < 1.29 is 22.7 Å². The zero-order chi connectivity index (χ0) is 17.0. The molecule has 1 aromatic rings. The second-order valence-electron chi connectivity index (χ2n) is 5.16. The summed E-state index contributed by atoms with van der Waals surface area (Å²) in [4.78, 5) is 11.7. The van der Waals surface area contributed by atoms with Gasteiger partial charge in [-0.05, 0) is 25.1 Å². The Kier molecular flexibility index (Phi) is 7.43. The Morgan fingerprint density at radius 1 is 1.38 bits per heavy atom. The fourth-order valence-corrected chi connectivity index (χ4v) is 3.73. The van der Waals surface area contributed by atoms with E-state index in [0.29, 0.717) is 18.9 Å². The lowest BCUT2D eigenvalue weighted by Crippen LogP contribution is -2.40. The van der Waals surface area contributed by atoms with E-state index in [1.165, 1.54) is 23.5 Å². The molecule has 0 unspecified atom stereocenters. The molecule has 1 aliphatic rings. The maximum atomic E-state index is 12.8. The van der Waals surface area contributed by atoms with E-state index in [4.69, 9.17) is 15.2 Å². The van der Waals surface area contributed by atoms with Gasteiger partial charge in [0.25, 0.3) is 0 Å². The summed E-state index contributed by atoms with van der Waals surface area (Å²) in [5.41, 5.74) is 5.85. The lowest BCUT2D eigenvalue weighted by atomic mass is 10.2. The number of nitrogens with zero attached hydrogens (tertiary/aromatic N) is 1. The van der Waals surface area contributed by atoms with Crippen LogP contribution in [0.5, 0.6) is 5.75 Å². The van der Waals surface area contributed by atoms with E-state index in [9.17, 15) is 13.2 Å². The van der Waals surface area contributed by atoms with Gasteiger partial charge >= 0.3 is 0 Å². The highest BCUT2D eigenvalue weighted by molar-refractivity contribution is 7.89. The third-order valence-corrected chi connectivity index (χ3v) is 5.35. The Morgan fingerprint density at radius 3 is 2.54 bits per heavy atom. The van der Waals surface area contributed by atoms with Gasteiger partial charge in [0.15, 0.2) is 0 Å². The van der Waals surface area contributed by atoms with Gasteiger partial charge in [-0.1, -0.05) is 0 Å². The van der Waals surface area contributed by atoms with Crippen molar-refractivity contribution in [3.05, 3.63) is 18.2 Å². The highest BCUT2D eigenvalue weighted by Gasteiger charge is 2.29. The summed E-state index contributed by atoms with van der Waals surface area (Å²) in [6.45, 7) is 2.80. The van der Waals surface area contributed by atoms with Crippen molar-refractivity contribution in [3.63, 3.8) is 0 Å². The van der Waals surface area contributed by atoms with Gasteiger partial charge in [0.2, 0.25) is 15.9 Å². The predicted molar refractivity (Wildman–Crippen MR) is 92.1 cm³/mol. The minimum absolute atomic E-state index is 0. The van der Waals surface area contributed by atoms with Gasteiger partial charge in [0.05, 0.1) is 26.4 Å². The summed E-state index contributed by atoms with van der Waals surface area (Å²) in [7, 11) is -2.34. The summed E-state index contributed by atoms with van der Waals surface area (Å²) in [6, 6.07) is 3.75. The molecule has 0 aliphatic carbocycles. The number of sulfonamides is 1. The van der Waals surface area contributed by atoms with E-state index >= 15 is 0 Å². The van der Waals surface area contributed by atoms with Gasteiger partial charge in [-0.15, -0.1) is 12.4 Å². The number of nitrogens with two attached hydrogens (primary N) is 1. The lowest BCUT2D eigenvalue weighted by Gasteiger charge is -2.26. The van der Waals surface area contributed by atoms with E-state index in [2.05, 4.69) is 5.32 Å². The number of rotatable bonds is 5. The van der Waals surface area contributed by atoms with Crippen LogP contribution in [0.15, 0.2) is 23.1 Å². The molecule has 0 spiro atoms. The third-order valence-electron chi connectivity index (χ3n) is 3.43. The van der Waals surface area contributed by atoms with Gasteiger partial charge in [0.1, 0.15) is 10.6 Å². The van der Waals surface area contributed by atoms with Gasteiger partial charge in [0, 0.05) is 18.8 Å². The average molecular weight is 380 g/mol. The molecule has 1 fully saturated rings. The van der Waals surface area contributed by atoms with E-state index in [1.54, 1.807) is 13.0 Å². The maximum Gasteiger partial charge on any atom is 0.246 e. The number of hydrogen-bond donors (Lipinski definition) is 2. The van der Waals surface area contributed by atoms with Crippen LogP contribution in [-0.4, -0.2) is 58.1 Å². The van der Waals surface area contributed by atoms with Gasteiger partial charge in [-0.25, -0.2) is 8.42 Å². The monoisotopic (exact) mass is 379 g/mol. The molecule has 0 aromatic heterocycles. The number of halogens is 1. The smallest absolute Gasteiger partial charge is 0.246 e. The third kappa shape index (κ3) is 4.58. The first-order valence-electron chi connectivity index (χ1n) is 7.18. The molecule has 136 valence electrons. The largest absolute Gasteiger partial charge is 0.495 e. The van der Waals surface area contributed by atoms with Crippen molar-refractivity contribution in [2.24, 2.45) is 5.73 Å². The highest BCUT2D eigenvalue weighted by atomic mass is 35.5. The van der Waals surface area contributed by atoms with Crippen LogP contribution in [0.1, 0.15) is 6.92 Å². The number of hydrogen-bond acceptors (Lipinski definition) is 6.